The Bertz CT molecular complexity index is 340. The molecular formula is C14H24N2O3. The fraction of sp³-hybridized carbons (Fsp3) is 0.857. The number of hydrogen-bond donors (Lipinski definition) is 1. The summed E-state index contributed by atoms with van der Waals surface area (Å²) in [7, 11) is 1.38. The minimum atomic E-state index is -0.368. The third kappa shape index (κ3) is 3.26. The van der Waals surface area contributed by atoms with Crippen molar-refractivity contribution >= 4 is 11.9 Å². The van der Waals surface area contributed by atoms with Crippen LogP contribution in [0.25, 0.3) is 0 Å². The van der Waals surface area contributed by atoms with Crippen molar-refractivity contribution in [3.05, 3.63) is 0 Å². The molecule has 2 fully saturated rings. The number of rotatable bonds is 3. The maximum atomic E-state index is 12.2. The molecular weight excluding hydrogens is 244 g/mol. The van der Waals surface area contributed by atoms with Gasteiger partial charge in [-0.05, 0) is 26.2 Å². The predicted molar refractivity (Wildman–Crippen MR) is 71.6 cm³/mol. The van der Waals surface area contributed by atoms with Crippen LogP contribution in [0.4, 0.5) is 0 Å². The molecule has 0 aromatic heterocycles. The fourth-order valence-electron chi connectivity index (χ4n) is 3.37. The summed E-state index contributed by atoms with van der Waals surface area (Å²) < 4.78 is 4.74. The van der Waals surface area contributed by atoms with E-state index in [1.54, 1.807) is 0 Å². The SMILES string of the molecule is COC(=O)CC1C(=O)NCCC(C)N1C1CCCC1. The minimum absolute atomic E-state index is 0.0263. The first-order valence-electron chi connectivity index (χ1n) is 7.25. The van der Waals surface area contributed by atoms with Crippen molar-refractivity contribution in [1.82, 2.24) is 10.2 Å². The molecule has 1 amide bonds. The maximum absolute atomic E-state index is 12.2. The van der Waals surface area contributed by atoms with Crippen LogP contribution in [0.3, 0.4) is 0 Å². The van der Waals surface area contributed by atoms with Gasteiger partial charge in [-0.1, -0.05) is 12.8 Å². The third-order valence-corrected chi connectivity index (χ3v) is 4.37. The largest absolute Gasteiger partial charge is 0.469 e. The van der Waals surface area contributed by atoms with Crippen LogP contribution in [-0.4, -0.2) is 48.6 Å². The van der Waals surface area contributed by atoms with Crippen LogP contribution in [0, 0.1) is 0 Å². The van der Waals surface area contributed by atoms with E-state index in [1.807, 2.05) is 0 Å². The number of nitrogens with zero attached hydrogens (tertiary/aromatic N) is 1. The van der Waals surface area contributed by atoms with E-state index in [1.165, 1.54) is 20.0 Å². The molecule has 0 aromatic carbocycles. The van der Waals surface area contributed by atoms with Gasteiger partial charge in [0.15, 0.2) is 0 Å². The summed E-state index contributed by atoms with van der Waals surface area (Å²) in [4.78, 5) is 26.1. The molecule has 2 rings (SSSR count). The molecule has 5 nitrogen and oxygen atoms in total. The van der Waals surface area contributed by atoms with Crippen molar-refractivity contribution in [3.63, 3.8) is 0 Å². The quantitative estimate of drug-likeness (QED) is 0.778. The number of ether oxygens (including phenoxy) is 1. The Morgan fingerprint density at radius 1 is 1.37 bits per heavy atom. The van der Waals surface area contributed by atoms with E-state index in [2.05, 4.69) is 17.1 Å². The monoisotopic (exact) mass is 268 g/mol. The van der Waals surface area contributed by atoms with Crippen molar-refractivity contribution in [2.45, 2.75) is 63.6 Å². The zero-order valence-corrected chi connectivity index (χ0v) is 11.9. The lowest BCUT2D eigenvalue weighted by Crippen LogP contribution is -2.52. The van der Waals surface area contributed by atoms with Gasteiger partial charge >= 0.3 is 5.97 Å². The van der Waals surface area contributed by atoms with E-state index in [4.69, 9.17) is 4.74 Å². The van der Waals surface area contributed by atoms with Gasteiger partial charge in [-0.25, -0.2) is 0 Å². The van der Waals surface area contributed by atoms with Gasteiger partial charge in [0, 0.05) is 18.6 Å². The lowest BCUT2D eigenvalue weighted by molar-refractivity contribution is -0.145. The van der Waals surface area contributed by atoms with Gasteiger partial charge in [0.1, 0.15) is 6.04 Å². The van der Waals surface area contributed by atoms with Crippen LogP contribution >= 0.6 is 0 Å². The average Bonchev–Trinajstić information content (AvgIpc) is 2.87. The van der Waals surface area contributed by atoms with Gasteiger partial charge < -0.3 is 10.1 Å². The molecule has 0 bridgehead atoms. The molecule has 0 spiro atoms. The number of nitrogens with one attached hydrogen (secondary N) is 1. The molecule has 0 radical (unpaired) electrons. The first kappa shape index (κ1) is 14.3. The van der Waals surface area contributed by atoms with E-state index in [0.717, 1.165) is 19.3 Å². The standard InChI is InChI=1S/C14H24N2O3/c1-10-7-8-15-14(18)12(9-13(17)19-2)16(10)11-5-3-4-6-11/h10-12H,3-9H2,1-2H3,(H,15,18). The van der Waals surface area contributed by atoms with Crippen LogP contribution < -0.4 is 5.32 Å². The Morgan fingerprint density at radius 2 is 2.05 bits per heavy atom. The summed E-state index contributed by atoms with van der Waals surface area (Å²) in [5, 5.41) is 2.92. The Labute approximate surface area is 114 Å². The molecule has 1 N–H and O–H groups in total. The molecule has 1 saturated heterocycles. The zero-order chi connectivity index (χ0) is 13.8. The first-order chi connectivity index (χ1) is 9.13. The summed E-state index contributed by atoms with van der Waals surface area (Å²) in [5.41, 5.74) is 0. The Hall–Kier alpha value is -1.10. The highest BCUT2D eigenvalue weighted by atomic mass is 16.5. The highest BCUT2D eigenvalue weighted by Gasteiger charge is 2.38. The minimum Gasteiger partial charge on any atom is -0.469 e. The first-order valence-corrected chi connectivity index (χ1v) is 7.25. The van der Waals surface area contributed by atoms with E-state index in [-0.39, 0.29) is 24.3 Å². The second-order valence-corrected chi connectivity index (χ2v) is 5.61. The van der Waals surface area contributed by atoms with E-state index in [0.29, 0.717) is 18.6 Å². The topological polar surface area (TPSA) is 58.6 Å². The summed E-state index contributed by atoms with van der Waals surface area (Å²) in [5.74, 6) is -0.334. The number of hydrogen-bond acceptors (Lipinski definition) is 4. The summed E-state index contributed by atoms with van der Waals surface area (Å²) in [6.07, 6.45) is 5.81. The Balaban J connectivity index is 2.18. The molecule has 108 valence electrons. The second kappa shape index (κ2) is 6.37. The predicted octanol–water partition coefficient (Wildman–Crippen LogP) is 1.07. The summed E-state index contributed by atoms with van der Waals surface area (Å²) in [6, 6.07) is 0.401. The highest BCUT2D eigenvalue weighted by Crippen LogP contribution is 2.29. The van der Waals surface area contributed by atoms with Crippen molar-refractivity contribution in [1.29, 1.82) is 0 Å². The molecule has 5 heteroatoms. The number of carbonyl (C=O) groups excluding carboxylic acids is 2. The van der Waals surface area contributed by atoms with Gasteiger partial charge in [-0.2, -0.15) is 0 Å². The smallest absolute Gasteiger partial charge is 0.307 e. The van der Waals surface area contributed by atoms with Crippen LogP contribution in [0.5, 0.6) is 0 Å². The van der Waals surface area contributed by atoms with Gasteiger partial charge in [0.05, 0.1) is 13.5 Å². The number of carbonyl (C=O) groups is 2. The molecule has 1 saturated carbocycles. The molecule has 1 aliphatic heterocycles. The van der Waals surface area contributed by atoms with E-state index in [9.17, 15) is 9.59 Å². The molecule has 2 aliphatic rings. The Morgan fingerprint density at radius 3 is 2.68 bits per heavy atom. The number of esters is 1. The molecule has 19 heavy (non-hydrogen) atoms. The molecule has 1 aliphatic carbocycles. The van der Waals surface area contributed by atoms with Crippen molar-refractivity contribution in [3.8, 4) is 0 Å². The lowest BCUT2D eigenvalue weighted by Gasteiger charge is -2.37. The van der Waals surface area contributed by atoms with Gasteiger partial charge in [0.25, 0.3) is 0 Å². The Kier molecular flexibility index (Phi) is 4.80. The second-order valence-electron chi connectivity index (χ2n) is 5.61. The average molecular weight is 268 g/mol. The van der Waals surface area contributed by atoms with Crippen molar-refractivity contribution in [2.24, 2.45) is 0 Å². The normalized spacial score (nSPS) is 29.9. The van der Waals surface area contributed by atoms with Crippen LogP contribution in [0.15, 0.2) is 0 Å². The van der Waals surface area contributed by atoms with Crippen molar-refractivity contribution in [2.75, 3.05) is 13.7 Å². The molecule has 0 aromatic rings. The zero-order valence-electron chi connectivity index (χ0n) is 11.9. The number of methoxy groups -OCH3 is 1. The highest BCUT2D eigenvalue weighted by molar-refractivity contribution is 5.86. The fourth-order valence-corrected chi connectivity index (χ4v) is 3.37. The van der Waals surface area contributed by atoms with Gasteiger partial charge in [-0.3, -0.25) is 14.5 Å². The third-order valence-electron chi connectivity index (χ3n) is 4.37. The van der Waals surface area contributed by atoms with Crippen molar-refractivity contribution < 1.29 is 14.3 Å². The van der Waals surface area contributed by atoms with Gasteiger partial charge in [-0.15, -0.1) is 0 Å². The van der Waals surface area contributed by atoms with E-state index < -0.39 is 0 Å². The number of amides is 1. The van der Waals surface area contributed by atoms with Crippen LogP contribution in [0.2, 0.25) is 0 Å². The lowest BCUT2D eigenvalue weighted by atomic mass is 10.0. The van der Waals surface area contributed by atoms with E-state index >= 15 is 0 Å². The van der Waals surface area contributed by atoms with Gasteiger partial charge in [0.2, 0.25) is 5.91 Å². The summed E-state index contributed by atoms with van der Waals surface area (Å²) >= 11 is 0. The molecule has 2 unspecified atom stereocenters. The summed E-state index contributed by atoms with van der Waals surface area (Å²) in [6.45, 7) is 2.85. The molecule has 2 atom stereocenters. The molecule has 1 heterocycles. The van der Waals surface area contributed by atoms with Crippen LogP contribution in [0.1, 0.15) is 45.4 Å². The van der Waals surface area contributed by atoms with Crippen LogP contribution in [-0.2, 0) is 14.3 Å². The maximum Gasteiger partial charge on any atom is 0.307 e.